The lowest BCUT2D eigenvalue weighted by Crippen LogP contribution is -2.41. The zero-order valence-electron chi connectivity index (χ0n) is 11.8. The van der Waals surface area contributed by atoms with Gasteiger partial charge in [-0.2, -0.15) is 0 Å². The Labute approximate surface area is 126 Å². The average molecular weight is 311 g/mol. The van der Waals surface area contributed by atoms with Crippen molar-refractivity contribution in [1.29, 1.82) is 0 Å². The number of hydrogen-bond donors (Lipinski definition) is 3. The van der Waals surface area contributed by atoms with Gasteiger partial charge >= 0.3 is 11.9 Å². The molecule has 0 saturated heterocycles. The smallest absolute Gasteiger partial charge is 0.326 e. The van der Waals surface area contributed by atoms with E-state index in [0.29, 0.717) is 5.56 Å². The second kappa shape index (κ2) is 7.68. The molecule has 0 aliphatic heterocycles. The highest BCUT2D eigenvalue weighted by atomic mass is 32.2. The normalized spacial score (nSPS) is 11.7. The quantitative estimate of drug-likeness (QED) is 0.663. The average Bonchev–Trinajstić information content (AvgIpc) is 2.43. The van der Waals surface area contributed by atoms with E-state index in [9.17, 15) is 14.4 Å². The molecule has 114 valence electrons. The summed E-state index contributed by atoms with van der Waals surface area (Å²) in [4.78, 5) is 34.6. The Morgan fingerprint density at radius 3 is 2.48 bits per heavy atom. The summed E-state index contributed by atoms with van der Waals surface area (Å²) in [6.45, 7) is 1.76. The van der Waals surface area contributed by atoms with Crippen LogP contribution in [0, 0.1) is 6.92 Å². The standard InChI is InChI=1S/C14H17NO5S/c1-8-3-4-9(21-2)7-10(8)13(18)15-11(14(19)20)5-6-12(16)17/h3-4,7,11H,5-6H2,1-2H3,(H,15,18)(H,16,17)(H,19,20). The zero-order chi connectivity index (χ0) is 16.0. The van der Waals surface area contributed by atoms with Crippen LogP contribution in [0.3, 0.4) is 0 Å². The maximum atomic E-state index is 12.2. The van der Waals surface area contributed by atoms with Crippen LogP contribution in [0.25, 0.3) is 0 Å². The Hall–Kier alpha value is -2.02. The van der Waals surface area contributed by atoms with Gasteiger partial charge in [-0.3, -0.25) is 9.59 Å². The lowest BCUT2D eigenvalue weighted by molar-refractivity contribution is -0.140. The number of hydrogen-bond acceptors (Lipinski definition) is 4. The molecule has 1 rings (SSSR count). The zero-order valence-corrected chi connectivity index (χ0v) is 12.6. The first kappa shape index (κ1) is 17.0. The molecular formula is C14H17NO5S. The summed E-state index contributed by atoms with van der Waals surface area (Å²) in [6.07, 6.45) is 1.40. The van der Waals surface area contributed by atoms with Gasteiger partial charge < -0.3 is 15.5 Å². The van der Waals surface area contributed by atoms with Crippen molar-refractivity contribution in [2.45, 2.75) is 30.7 Å². The third-order valence-corrected chi connectivity index (χ3v) is 3.67. The minimum absolute atomic E-state index is 0.155. The molecule has 1 aromatic rings. The van der Waals surface area contributed by atoms with Crippen molar-refractivity contribution in [3.63, 3.8) is 0 Å². The first-order valence-electron chi connectivity index (χ1n) is 6.25. The van der Waals surface area contributed by atoms with Crippen LogP contribution in [0.5, 0.6) is 0 Å². The minimum Gasteiger partial charge on any atom is -0.481 e. The molecule has 0 aliphatic carbocycles. The summed E-state index contributed by atoms with van der Waals surface area (Å²) < 4.78 is 0. The molecule has 0 spiro atoms. The number of benzene rings is 1. The van der Waals surface area contributed by atoms with Gasteiger partial charge in [0.05, 0.1) is 0 Å². The molecule has 0 saturated carbocycles. The van der Waals surface area contributed by atoms with Crippen LogP contribution in [0.15, 0.2) is 23.1 Å². The van der Waals surface area contributed by atoms with Gasteiger partial charge in [0.2, 0.25) is 0 Å². The summed E-state index contributed by atoms with van der Waals surface area (Å²) in [5.74, 6) is -2.86. The van der Waals surface area contributed by atoms with E-state index >= 15 is 0 Å². The van der Waals surface area contributed by atoms with Gasteiger partial charge in [-0.05, 0) is 37.3 Å². The lowest BCUT2D eigenvalue weighted by Gasteiger charge is -2.15. The first-order valence-corrected chi connectivity index (χ1v) is 7.47. The monoisotopic (exact) mass is 311 g/mol. The predicted molar refractivity (Wildman–Crippen MR) is 78.7 cm³/mol. The highest BCUT2D eigenvalue weighted by molar-refractivity contribution is 7.98. The number of nitrogens with one attached hydrogen (secondary N) is 1. The van der Waals surface area contributed by atoms with Crippen molar-refractivity contribution in [3.05, 3.63) is 29.3 Å². The third kappa shape index (κ3) is 5.11. The van der Waals surface area contributed by atoms with Gasteiger partial charge in [-0.25, -0.2) is 4.79 Å². The summed E-state index contributed by atoms with van der Waals surface area (Å²) in [5.41, 5.74) is 1.12. The number of rotatable bonds is 7. The van der Waals surface area contributed by atoms with Crippen LogP contribution >= 0.6 is 11.8 Å². The van der Waals surface area contributed by atoms with Crippen molar-refractivity contribution in [2.24, 2.45) is 0 Å². The Kier molecular flexibility index (Phi) is 6.23. The number of carbonyl (C=O) groups is 3. The predicted octanol–water partition coefficient (Wildman–Crippen LogP) is 1.76. The molecule has 1 amide bonds. The van der Waals surface area contributed by atoms with E-state index in [1.807, 2.05) is 12.3 Å². The number of carboxylic acid groups (broad SMARTS) is 2. The Bertz CT molecular complexity index is 558. The van der Waals surface area contributed by atoms with E-state index in [1.165, 1.54) is 11.8 Å². The molecule has 1 unspecified atom stereocenters. The van der Waals surface area contributed by atoms with Gasteiger partial charge in [-0.1, -0.05) is 6.07 Å². The Morgan fingerprint density at radius 2 is 1.95 bits per heavy atom. The van der Waals surface area contributed by atoms with E-state index < -0.39 is 23.9 Å². The molecule has 3 N–H and O–H groups in total. The minimum atomic E-state index is -1.25. The van der Waals surface area contributed by atoms with E-state index in [0.717, 1.165) is 10.5 Å². The van der Waals surface area contributed by atoms with Crippen LogP contribution < -0.4 is 5.32 Å². The van der Waals surface area contributed by atoms with Crippen LogP contribution in [0.1, 0.15) is 28.8 Å². The SMILES string of the molecule is CSc1ccc(C)c(C(=O)NC(CCC(=O)O)C(=O)O)c1. The number of thioether (sulfide) groups is 1. The van der Waals surface area contributed by atoms with E-state index in [1.54, 1.807) is 19.1 Å². The highest BCUT2D eigenvalue weighted by Gasteiger charge is 2.22. The van der Waals surface area contributed by atoms with Crippen LogP contribution in [-0.2, 0) is 9.59 Å². The number of carbonyl (C=O) groups excluding carboxylic acids is 1. The maximum Gasteiger partial charge on any atom is 0.326 e. The fourth-order valence-electron chi connectivity index (χ4n) is 1.73. The molecule has 7 heteroatoms. The second-order valence-corrected chi connectivity index (χ2v) is 5.36. The van der Waals surface area contributed by atoms with Gasteiger partial charge in [-0.15, -0.1) is 11.8 Å². The van der Waals surface area contributed by atoms with Crippen molar-refractivity contribution in [1.82, 2.24) is 5.32 Å². The molecular weight excluding hydrogens is 294 g/mol. The van der Waals surface area contributed by atoms with Crippen LogP contribution in [0.2, 0.25) is 0 Å². The molecule has 0 fully saturated rings. The maximum absolute atomic E-state index is 12.2. The third-order valence-electron chi connectivity index (χ3n) is 2.94. The fourth-order valence-corrected chi connectivity index (χ4v) is 2.17. The number of amides is 1. The van der Waals surface area contributed by atoms with E-state index in [4.69, 9.17) is 10.2 Å². The van der Waals surface area contributed by atoms with Gasteiger partial charge in [0.15, 0.2) is 0 Å². The van der Waals surface area contributed by atoms with Crippen molar-refractivity contribution in [2.75, 3.05) is 6.26 Å². The summed E-state index contributed by atoms with van der Waals surface area (Å²) in [7, 11) is 0. The lowest BCUT2D eigenvalue weighted by atomic mass is 10.1. The van der Waals surface area contributed by atoms with Crippen LogP contribution in [-0.4, -0.2) is 40.4 Å². The second-order valence-electron chi connectivity index (χ2n) is 4.48. The fraction of sp³-hybridized carbons (Fsp3) is 0.357. The molecule has 0 aliphatic rings. The molecule has 6 nitrogen and oxygen atoms in total. The molecule has 0 heterocycles. The number of aliphatic carboxylic acids is 2. The van der Waals surface area contributed by atoms with E-state index in [2.05, 4.69) is 5.32 Å². The molecule has 0 radical (unpaired) electrons. The van der Waals surface area contributed by atoms with Crippen molar-refractivity contribution in [3.8, 4) is 0 Å². The van der Waals surface area contributed by atoms with Gasteiger partial charge in [0.25, 0.3) is 5.91 Å². The highest BCUT2D eigenvalue weighted by Crippen LogP contribution is 2.19. The summed E-state index contributed by atoms with van der Waals surface area (Å²) in [5, 5.41) is 20.0. The van der Waals surface area contributed by atoms with Crippen molar-refractivity contribution >= 4 is 29.6 Å². The van der Waals surface area contributed by atoms with E-state index in [-0.39, 0.29) is 12.8 Å². The Balaban J connectivity index is 2.86. The topological polar surface area (TPSA) is 104 Å². The van der Waals surface area contributed by atoms with Crippen LogP contribution in [0.4, 0.5) is 0 Å². The van der Waals surface area contributed by atoms with Gasteiger partial charge in [0, 0.05) is 16.9 Å². The Morgan fingerprint density at radius 1 is 1.29 bits per heavy atom. The summed E-state index contributed by atoms with van der Waals surface area (Å²) >= 11 is 1.47. The number of carboxylic acids is 2. The molecule has 0 aromatic heterocycles. The molecule has 0 bridgehead atoms. The first-order chi connectivity index (χ1) is 9.85. The molecule has 1 atom stereocenters. The summed E-state index contributed by atoms with van der Waals surface area (Å²) in [6, 6.07) is 4.13. The largest absolute Gasteiger partial charge is 0.481 e. The number of aryl methyl sites for hydroxylation is 1. The van der Waals surface area contributed by atoms with Gasteiger partial charge in [0.1, 0.15) is 6.04 Å². The molecule has 1 aromatic carbocycles. The molecule has 21 heavy (non-hydrogen) atoms. The van der Waals surface area contributed by atoms with Crippen molar-refractivity contribution < 1.29 is 24.6 Å².